The van der Waals surface area contributed by atoms with E-state index in [-0.39, 0.29) is 6.42 Å². The molecule has 1 aromatic heterocycles. The first-order valence-electron chi connectivity index (χ1n) is 6.13. The average Bonchev–Trinajstić information content (AvgIpc) is 2.54. The van der Waals surface area contributed by atoms with Gasteiger partial charge in [-0.1, -0.05) is 19.9 Å². The molecule has 4 nitrogen and oxygen atoms in total. The highest BCUT2D eigenvalue weighted by Crippen LogP contribution is 2.19. The van der Waals surface area contributed by atoms with Crippen molar-refractivity contribution in [3.63, 3.8) is 0 Å². The Morgan fingerprint density at radius 2 is 2.17 bits per heavy atom. The molecule has 0 fully saturated rings. The quantitative estimate of drug-likeness (QED) is 0.901. The van der Waals surface area contributed by atoms with Gasteiger partial charge in [-0.3, -0.25) is 4.79 Å². The summed E-state index contributed by atoms with van der Waals surface area (Å²) in [5.74, 6) is 0.791. The number of carboxylic acid groups (broad SMARTS) is 1. The maximum absolute atomic E-state index is 10.7. The van der Waals surface area contributed by atoms with Crippen molar-refractivity contribution in [2.24, 2.45) is 13.0 Å². The fourth-order valence-electron chi connectivity index (χ4n) is 2.13. The molecule has 2 aromatic rings. The predicted molar refractivity (Wildman–Crippen MR) is 70.6 cm³/mol. The van der Waals surface area contributed by atoms with Gasteiger partial charge in [0.2, 0.25) is 0 Å². The molecule has 0 amide bonds. The van der Waals surface area contributed by atoms with E-state index in [2.05, 4.69) is 23.4 Å². The molecule has 0 atom stereocenters. The van der Waals surface area contributed by atoms with Crippen LogP contribution in [0, 0.1) is 5.92 Å². The highest BCUT2D eigenvalue weighted by Gasteiger charge is 2.10. The third-order valence-corrected chi connectivity index (χ3v) is 2.98. The van der Waals surface area contributed by atoms with Gasteiger partial charge < -0.3 is 9.67 Å². The van der Waals surface area contributed by atoms with Gasteiger partial charge in [-0.15, -0.1) is 0 Å². The first-order chi connectivity index (χ1) is 8.47. The molecule has 4 heteroatoms. The summed E-state index contributed by atoms with van der Waals surface area (Å²) in [7, 11) is 2.00. The maximum Gasteiger partial charge on any atom is 0.307 e. The Bertz CT molecular complexity index is 585. The minimum absolute atomic E-state index is 0.0476. The number of aliphatic carboxylic acids is 1. The Morgan fingerprint density at radius 1 is 1.44 bits per heavy atom. The summed E-state index contributed by atoms with van der Waals surface area (Å²) < 4.78 is 2.08. The van der Waals surface area contributed by atoms with Crippen LogP contribution in [0.1, 0.15) is 25.2 Å². The predicted octanol–water partition coefficient (Wildman–Crippen LogP) is 2.40. The molecular formula is C14H18N2O2. The van der Waals surface area contributed by atoms with Gasteiger partial charge in [-0.25, -0.2) is 4.98 Å². The van der Waals surface area contributed by atoms with Crippen molar-refractivity contribution < 1.29 is 9.90 Å². The van der Waals surface area contributed by atoms with Crippen molar-refractivity contribution >= 4 is 17.0 Å². The number of hydrogen-bond acceptors (Lipinski definition) is 2. The first kappa shape index (κ1) is 12.6. The number of aryl methyl sites for hydroxylation is 1. The number of nitrogens with zero attached hydrogens (tertiary/aromatic N) is 2. The van der Waals surface area contributed by atoms with Gasteiger partial charge in [0.25, 0.3) is 0 Å². The van der Waals surface area contributed by atoms with E-state index < -0.39 is 5.97 Å². The number of benzene rings is 1. The Morgan fingerprint density at radius 3 is 2.78 bits per heavy atom. The third-order valence-electron chi connectivity index (χ3n) is 2.98. The van der Waals surface area contributed by atoms with Crippen LogP contribution in [0.25, 0.3) is 11.0 Å². The topological polar surface area (TPSA) is 55.1 Å². The molecule has 0 radical (unpaired) electrons. The Hall–Kier alpha value is -1.84. The van der Waals surface area contributed by atoms with E-state index in [1.807, 2.05) is 25.2 Å². The largest absolute Gasteiger partial charge is 0.481 e. The smallest absolute Gasteiger partial charge is 0.307 e. The van der Waals surface area contributed by atoms with Gasteiger partial charge in [0.05, 0.1) is 17.5 Å². The van der Waals surface area contributed by atoms with E-state index in [4.69, 9.17) is 5.11 Å². The summed E-state index contributed by atoms with van der Waals surface area (Å²) in [6.45, 7) is 4.32. The molecule has 0 aliphatic carbocycles. The molecule has 0 saturated carbocycles. The van der Waals surface area contributed by atoms with Gasteiger partial charge in [0.15, 0.2) is 0 Å². The van der Waals surface area contributed by atoms with E-state index in [0.717, 1.165) is 28.8 Å². The number of fused-ring (bicyclic) bond motifs is 1. The minimum atomic E-state index is -0.812. The highest BCUT2D eigenvalue weighted by atomic mass is 16.4. The molecule has 0 saturated heterocycles. The lowest BCUT2D eigenvalue weighted by molar-refractivity contribution is -0.136. The number of carbonyl (C=O) groups is 1. The zero-order valence-electron chi connectivity index (χ0n) is 11.0. The summed E-state index contributed by atoms with van der Waals surface area (Å²) in [6, 6.07) is 5.68. The Labute approximate surface area is 106 Å². The molecule has 1 aromatic carbocycles. The van der Waals surface area contributed by atoms with Crippen molar-refractivity contribution in [3.05, 3.63) is 29.6 Å². The van der Waals surface area contributed by atoms with Crippen LogP contribution in [-0.2, 0) is 24.7 Å². The van der Waals surface area contributed by atoms with Crippen LogP contribution in [0.2, 0.25) is 0 Å². The summed E-state index contributed by atoms with van der Waals surface area (Å²) in [6.07, 6.45) is 0.978. The lowest BCUT2D eigenvalue weighted by atomic mass is 10.1. The summed E-state index contributed by atoms with van der Waals surface area (Å²) in [5.41, 5.74) is 2.73. The average molecular weight is 246 g/mol. The highest BCUT2D eigenvalue weighted by molar-refractivity contribution is 5.79. The van der Waals surface area contributed by atoms with E-state index >= 15 is 0 Å². The SMILES string of the molecule is CC(C)Cc1nc2cc(CC(=O)O)ccc2n1C. The standard InChI is InChI=1S/C14H18N2O2/c1-9(2)6-13-15-11-7-10(8-14(17)18)4-5-12(11)16(13)3/h4-5,7,9H,6,8H2,1-3H3,(H,17,18). The van der Waals surface area contributed by atoms with Crippen molar-refractivity contribution in [3.8, 4) is 0 Å². The number of imidazole rings is 1. The second-order valence-electron chi connectivity index (χ2n) is 5.08. The monoisotopic (exact) mass is 246 g/mol. The van der Waals surface area contributed by atoms with Gasteiger partial charge in [-0.2, -0.15) is 0 Å². The summed E-state index contributed by atoms with van der Waals surface area (Å²) in [4.78, 5) is 15.3. The van der Waals surface area contributed by atoms with Crippen LogP contribution < -0.4 is 0 Å². The fourth-order valence-corrected chi connectivity index (χ4v) is 2.13. The minimum Gasteiger partial charge on any atom is -0.481 e. The van der Waals surface area contributed by atoms with Crippen molar-refractivity contribution in [2.45, 2.75) is 26.7 Å². The number of aromatic nitrogens is 2. The van der Waals surface area contributed by atoms with Crippen LogP contribution in [0.4, 0.5) is 0 Å². The number of hydrogen-bond donors (Lipinski definition) is 1. The molecule has 2 rings (SSSR count). The molecule has 96 valence electrons. The first-order valence-corrected chi connectivity index (χ1v) is 6.13. The molecule has 1 heterocycles. The molecule has 0 unspecified atom stereocenters. The Kier molecular flexibility index (Phi) is 3.36. The van der Waals surface area contributed by atoms with Crippen LogP contribution >= 0.6 is 0 Å². The second kappa shape index (κ2) is 4.80. The molecule has 18 heavy (non-hydrogen) atoms. The summed E-state index contributed by atoms with van der Waals surface area (Å²) in [5, 5.41) is 8.79. The molecule has 0 aliphatic heterocycles. The lowest BCUT2D eigenvalue weighted by Crippen LogP contribution is -2.02. The molecule has 1 N–H and O–H groups in total. The zero-order chi connectivity index (χ0) is 13.3. The summed E-state index contributed by atoms with van der Waals surface area (Å²) >= 11 is 0. The van der Waals surface area contributed by atoms with Crippen molar-refractivity contribution in [1.82, 2.24) is 9.55 Å². The molecular weight excluding hydrogens is 228 g/mol. The van der Waals surface area contributed by atoms with Gasteiger partial charge in [0, 0.05) is 13.5 Å². The van der Waals surface area contributed by atoms with Crippen LogP contribution in [0.15, 0.2) is 18.2 Å². The number of rotatable bonds is 4. The van der Waals surface area contributed by atoms with E-state index in [1.54, 1.807) is 0 Å². The molecule has 0 spiro atoms. The third kappa shape index (κ3) is 2.53. The molecule has 0 aliphatic rings. The van der Waals surface area contributed by atoms with E-state index in [9.17, 15) is 4.79 Å². The van der Waals surface area contributed by atoms with Gasteiger partial charge >= 0.3 is 5.97 Å². The van der Waals surface area contributed by atoms with Crippen LogP contribution in [-0.4, -0.2) is 20.6 Å². The second-order valence-corrected chi connectivity index (χ2v) is 5.08. The maximum atomic E-state index is 10.7. The van der Waals surface area contributed by atoms with Gasteiger partial charge in [0.1, 0.15) is 5.82 Å². The van der Waals surface area contributed by atoms with Crippen molar-refractivity contribution in [2.75, 3.05) is 0 Å². The van der Waals surface area contributed by atoms with Crippen molar-refractivity contribution in [1.29, 1.82) is 0 Å². The lowest BCUT2D eigenvalue weighted by Gasteiger charge is -2.04. The van der Waals surface area contributed by atoms with E-state index in [1.165, 1.54) is 0 Å². The Balaban J connectivity index is 2.41. The number of carboxylic acids is 1. The van der Waals surface area contributed by atoms with E-state index in [0.29, 0.717) is 5.92 Å². The fraction of sp³-hybridized carbons (Fsp3) is 0.429. The molecule has 0 bridgehead atoms. The zero-order valence-corrected chi connectivity index (χ0v) is 11.0. The van der Waals surface area contributed by atoms with Gasteiger partial charge in [-0.05, 0) is 23.6 Å². The van der Waals surface area contributed by atoms with Crippen LogP contribution in [0.3, 0.4) is 0 Å². The normalized spacial score (nSPS) is 11.3. The van der Waals surface area contributed by atoms with Crippen LogP contribution in [0.5, 0.6) is 0 Å².